The SMILES string of the molecule is Cc1ncc(-c2cc(CC(N)=O)c(C)s2)cn1. The Morgan fingerprint density at radius 2 is 2.00 bits per heavy atom. The van der Waals surface area contributed by atoms with Crippen molar-refractivity contribution in [1.29, 1.82) is 0 Å². The molecule has 88 valence electrons. The Kier molecular flexibility index (Phi) is 3.19. The molecular formula is C12H13N3OS. The van der Waals surface area contributed by atoms with Gasteiger partial charge in [-0.15, -0.1) is 11.3 Å². The summed E-state index contributed by atoms with van der Waals surface area (Å²) in [4.78, 5) is 21.4. The van der Waals surface area contributed by atoms with Gasteiger partial charge in [-0.1, -0.05) is 0 Å². The second-order valence-electron chi connectivity index (χ2n) is 3.85. The van der Waals surface area contributed by atoms with E-state index >= 15 is 0 Å². The maximum Gasteiger partial charge on any atom is 0.221 e. The van der Waals surface area contributed by atoms with Gasteiger partial charge in [-0.05, 0) is 25.5 Å². The van der Waals surface area contributed by atoms with Crippen LogP contribution in [0, 0.1) is 13.8 Å². The highest BCUT2D eigenvalue weighted by Crippen LogP contribution is 2.30. The van der Waals surface area contributed by atoms with E-state index in [-0.39, 0.29) is 12.3 Å². The smallest absolute Gasteiger partial charge is 0.221 e. The highest BCUT2D eigenvalue weighted by atomic mass is 32.1. The largest absolute Gasteiger partial charge is 0.369 e. The number of thiophene rings is 1. The number of nitrogens with zero attached hydrogens (tertiary/aromatic N) is 2. The molecule has 0 saturated carbocycles. The van der Waals surface area contributed by atoms with Crippen LogP contribution in [0.4, 0.5) is 0 Å². The van der Waals surface area contributed by atoms with Gasteiger partial charge in [0.2, 0.25) is 5.91 Å². The topological polar surface area (TPSA) is 68.9 Å². The molecule has 0 spiro atoms. The molecule has 0 atom stereocenters. The number of nitrogens with two attached hydrogens (primary N) is 1. The van der Waals surface area contributed by atoms with Crippen molar-refractivity contribution in [3.8, 4) is 10.4 Å². The standard InChI is InChI=1S/C12H13N3OS/c1-7-9(4-12(13)16)3-11(17-7)10-5-14-8(2)15-6-10/h3,5-6H,4H2,1-2H3,(H2,13,16). The van der Waals surface area contributed by atoms with Crippen molar-refractivity contribution in [2.24, 2.45) is 5.73 Å². The zero-order valence-corrected chi connectivity index (χ0v) is 10.5. The first kappa shape index (κ1) is 11.7. The second kappa shape index (κ2) is 4.63. The van der Waals surface area contributed by atoms with Crippen LogP contribution in [-0.4, -0.2) is 15.9 Å². The number of aryl methyl sites for hydroxylation is 2. The highest BCUT2D eigenvalue weighted by molar-refractivity contribution is 7.15. The first-order valence-electron chi connectivity index (χ1n) is 5.23. The molecule has 0 aliphatic rings. The van der Waals surface area contributed by atoms with E-state index in [0.29, 0.717) is 0 Å². The van der Waals surface area contributed by atoms with Crippen LogP contribution in [0.2, 0.25) is 0 Å². The first-order valence-corrected chi connectivity index (χ1v) is 6.04. The van der Waals surface area contributed by atoms with Gasteiger partial charge in [-0.3, -0.25) is 4.79 Å². The molecular weight excluding hydrogens is 234 g/mol. The van der Waals surface area contributed by atoms with Crippen molar-refractivity contribution in [1.82, 2.24) is 9.97 Å². The molecule has 0 fully saturated rings. The van der Waals surface area contributed by atoms with Crippen LogP contribution >= 0.6 is 11.3 Å². The summed E-state index contributed by atoms with van der Waals surface area (Å²) in [7, 11) is 0. The minimum atomic E-state index is -0.308. The van der Waals surface area contributed by atoms with Gasteiger partial charge >= 0.3 is 0 Å². The maximum atomic E-state index is 10.9. The molecule has 2 aromatic rings. The fourth-order valence-corrected chi connectivity index (χ4v) is 2.56. The minimum absolute atomic E-state index is 0.287. The van der Waals surface area contributed by atoms with Crippen LogP contribution in [0.15, 0.2) is 18.5 Å². The Hall–Kier alpha value is -1.75. The van der Waals surface area contributed by atoms with Crippen LogP contribution in [-0.2, 0) is 11.2 Å². The summed E-state index contributed by atoms with van der Waals surface area (Å²) < 4.78 is 0. The Labute approximate surface area is 104 Å². The van der Waals surface area contributed by atoms with Crippen LogP contribution in [0.1, 0.15) is 16.3 Å². The van der Waals surface area contributed by atoms with Crippen molar-refractivity contribution in [3.05, 3.63) is 34.7 Å². The van der Waals surface area contributed by atoms with Gasteiger partial charge in [0, 0.05) is 27.7 Å². The molecule has 0 aliphatic carbocycles. The van der Waals surface area contributed by atoms with Crippen molar-refractivity contribution in [2.75, 3.05) is 0 Å². The van der Waals surface area contributed by atoms with Crippen LogP contribution in [0.25, 0.3) is 10.4 Å². The number of hydrogen-bond donors (Lipinski definition) is 1. The van der Waals surface area contributed by atoms with Gasteiger partial charge in [-0.25, -0.2) is 9.97 Å². The molecule has 2 aromatic heterocycles. The fraction of sp³-hybridized carbons (Fsp3) is 0.250. The normalized spacial score (nSPS) is 10.5. The molecule has 2 rings (SSSR count). The van der Waals surface area contributed by atoms with E-state index in [1.807, 2.05) is 19.9 Å². The second-order valence-corrected chi connectivity index (χ2v) is 5.11. The van der Waals surface area contributed by atoms with Crippen LogP contribution in [0.5, 0.6) is 0 Å². The third-order valence-electron chi connectivity index (χ3n) is 2.45. The fourth-order valence-electron chi connectivity index (χ4n) is 1.55. The first-order chi connectivity index (χ1) is 8.06. The number of carbonyl (C=O) groups is 1. The van der Waals surface area contributed by atoms with Gasteiger partial charge in [0.1, 0.15) is 5.82 Å². The summed E-state index contributed by atoms with van der Waals surface area (Å²) in [6, 6.07) is 1.98. The summed E-state index contributed by atoms with van der Waals surface area (Å²) >= 11 is 1.63. The van der Waals surface area contributed by atoms with E-state index in [4.69, 9.17) is 5.73 Å². The lowest BCUT2D eigenvalue weighted by molar-refractivity contribution is -0.117. The van der Waals surface area contributed by atoms with E-state index in [1.165, 1.54) is 0 Å². The molecule has 4 nitrogen and oxygen atoms in total. The lowest BCUT2D eigenvalue weighted by Gasteiger charge is -1.95. The molecule has 17 heavy (non-hydrogen) atoms. The van der Waals surface area contributed by atoms with Gasteiger partial charge in [0.25, 0.3) is 0 Å². The van der Waals surface area contributed by atoms with Crippen LogP contribution in [0.3, 0.4) is 0 Å². The summed E-state index contributed by atoms with van der Waals surface area (Å²) in [5.74, 6) is 0.442. The Morgan fingerprint density at radius 3 is 2.59 bits per heavy atom. The van der Waals surface area contributed by atoms with Crippen molar-refractivity contribution in [2.45, 2.75) is 20.3 Å². The quantitative estimate of drug-likeness (QED) is 0.900. The third-order valence-corrected chi connectivity index (χ3v) is 3.59. The predicted molar refractivity (Wildman–Crippen MR) is 67.7 cm³/mol. The van der Waals surface area contributed by atoms with E-state index in [2.05, 4.69) is 9.97 Å². The van der Waals surface area contributed by atoms with Gasteiger partial charge in [-0.2, -0.15) is 0 Å². The number of rotatable bonds is 3. The zero-order chi connectivity index (χ0) is 12.4. The number of carbonyl (C=O) groups excluding carboxylic acids is 1. The summed E-state index contributed by atoms with van der Waals surface area (Å²) in [6.07, 6.45) is 3.87. The van der Waals surface area contributed by atoms with Gasteiger partial charge in [0.05, 0.1) is 6.42 Å². The summed E-state index contributed by atoms with van der Waals surface area (Å²) in [5, 5.41) is 0. The predicted octanol–water partition coefficient (Wildman–Crippen LogP) is 1.85. The molecule has 0 saturated heterocycles. The van der Waals surface area contributed by atoms with Crippen molar-refractivity contribution < 1.29 is 4.79 Å². The molecule has 0 unspecified atom stereocenters. The Morgan fingerprint density at radius 1 is 1.35 bits per heavy atom. The maximum absolute atomic E-state index is 10.9. The lowest BCUT2D eigenvalue weighted by atomic mass is 10.1. The van der Waals surface area contributed by atoms with Gasteiger partial charge in [0.15, 0.2) is 0 Å². The monoisotopic (exact) mass is 247 g/mol. The molecule has 1 amide bonds. The number of hydrogen-bond acceptors (Lipinski definition) is 4. The molecule has 0 bridgehead atoms. The van der Waals surface area contributed by atoms with E-state index in [0.717, 1.165) is 26.7 Å². The summed E-state index contributed by atoms with van der Waals surface area (Å²) in [5.41, 5.74) is 7.16. The highest BCUT2D eigenvalue weighted by Gasteiger charge is 2.09. The van der Waals surface area contributed by atoms with Crippen molar-refractivity contribution in [3.63, 3.8) is 0 Å². The Balaban J connectivity index is 2.34. The minimum Gasteiger partial charge on any atom is -0.369 e. The van der Waals surface area contributed by atoms with E-state index in [9.17, 15) is 4.79 Å². The zero-order valence-electron chi connectivity index (χ0n) is 9.73. The molecule has 2 N–H and O–H groups in total. The van der Waals surface area contributed by atoms with E-state index < -0.39 is 0 Å². The Bertz CT molecular complexity index is 545. The molecule has 5 heteroatoms. The number of amides is 1. The number of primary amides is 1. The van der Waals surface area contributed by atoms with Crippen LogP contribution < -0.4 is 5.73 Å². The summed E-state index contributed by atoms with van der Waals surface area (Å²) in [6.45, 7) is 3.84. The molecule has 0 aliphatic heterocycles. The van der Waals surface area contributed by atoms with E-state index in [1.54, 1.807) is 23.7 Å². The lowest BCUT2D eigenvalue weighted by Crippen LogP contribution is -2.13. The van der Waals surface area contributed by atoms with Crippen molar-refractivity contribution >= 4 is 17.2 Å². The molecule has 2 heterocycles. The molecule has 0 radical (unpaired) electrons. The third kappa shape index (κ3) is 2.68. The number of aromatic nitrogens is 2. The average molecular weight is 247 g/mol. The average Bonchev–Trinajstić information content (AvgIpc) is 2.60. The molecule has 0 aromatic carbocycles. The van der Waals surface area contributed by atoms with Gasteiger partial charge < -0.3 is 5.73 Å².